The number of hydrazone groups is 1. The third kappa shape index (κ3) is 4.69. The van der Waals surface area contributed by atoms with E-state index in [-0.39, 0.29) is 43.2 Å². The third-order valence-corrected chi connectivity index (χ3v) is 5.04. The number of carboxylic acid groups (broad SMARTS) is 1. The normalized spacial score (nSPS) is 18.9. The average Bonchev–Trinajstić information content (AvgIpc) is 3.05. The molecule has 1 aliphatic heterocycles. The van der Waals surface area contributed by atoms with Gasteiger partial charge in [-0.2, -0.15) is 5.10 Å². The second-order valence-corrected chi connectivity index (χ2v) is 7.14. The van der Waals surface area contributed by atoms with Crippen molar-refractivity contribution in [2.24, 2.45) is 5.10 Å². The Morgan fingerprint density at radius 2 is 1.85 bits per heavy atom. The molecule has 7 nitrogen and oxygen atoms in total. The second kappa shape index (κ2) is 7.85. The lowest BCUT2D eigenvalue weighted by atomic mass is 9.92. The maximum absolute atomic E-state index is 13.0. The second-order valence-electron chi connectivity index (χ2n) is 7.14. The number of benzene rings is 1. The first-order valence-corrected chi connectivity index (χ1v) is 9.03. The van der Waals surface area contributed by atoms with Crippen LogP contribution in [0.5, 0.6) is 0 Å². The number of carbonyl (C=O) groups is 3. The van der Waals surface area contributed by atoms with Crippen LogP contribution in [0.15, 0.2) is 29.4 Å². The number of amides is 2. The van der Waals surface area contributed by atoms with Crippen LogP contribution in [0.3, 0.4) is 0 Å². The zero-order chi connectivity index (χ0) is 19.4. The standard InChI is InChI=1S/C19H22FN3O4/c20-14-5-3-13(4-6-14)12-23-16(24)8-7-15(22-23)18(27)21-19(11-17(25)26)9-1-2-10-19/h3-6H,1-2,7-12H2,(H,21,27)(H,25,26). The number of carboxylic acids is 1. The van der Waals surface area contributed by atoms with Crippen LogP contribution in [0.25, 0.3) is 0 Å². The van der Waals surface area contributed by atoms with Crippen molar-refractivity contribution in [3.05, 3.63) is 35.6 Å². The molecule has 3 rings (SSSR count). The van der Waals surface area contributed by atoms with Gasteiger partial charge in [0.15, 0.2) is 0 Å². The summed E-state index contributed by atoms with van der Waals surface area (Å²) in [7, 11) is 0. The fraction of sp³-hybridized carbons (Fsp3) is 0.474. The van der Waals surface area contributed by atoms with Gasteiger partial charge in [-0.3, -0.25) is 14.4 Å². The number of nitrogens with zero attached hydrogens (tertiary/aromatic N) is 2. The summed E-state index contributed by atoms with van der Waals surface area (Å²) in [5, 5.41) is 17.4. The Hall–Kier alpha value is -2.77. The van der Waals surface area contributed by atoms with E-state index in [0.29, 0.717) is 18.4 Å². The van der Waals surface area contributed by atoms with Crippen LogP contribution in [-0.2, 0) is 20.9 Å². The molecule has 2 N–H and O–H groups in total. The van der Waals surface area contributed by atoms with Gasteiger partial charge in [0.25, 0.3) is 5.91 Å². The van der Waals surface area contributed by atoms with Crippen LogP contribution in [0.1, 0.15) is 50.5 Å². The molecule has 0 saturated heterocycles. The molecule has 1 fully saturated rings. The molecule has 1 aromatic rings. The van der Waals surface area contributed by atoms with Gasteiger partial charge in [0, 0.05) is 12.8 Å². The van der Waals surface area contributed by atoms with Gasteiger partial charge in [0.05, 0.1) is 18.5 Å². The van der Waals surface area contributed by atoms with Crippen molar-refractivity contribution in [1.29, 1.82) is 0 Å². The highest BCUT2D eigenvalue weighted by molar-refractivity contribution is 6.39. The quantitative estimate of drug-likeness (QED) is 0.796. The fourth-order valence-electron chi connectivity index (χ4n) is 3.65. The van der Waals surface area contributed by atoms with E-state index >= 15 is 0 Å². The summed E-state index contributed by atoms with van der Waals surface area (Å²) in [5.74, 6) is -1.95. The Morgan fingerprint density at radius 1 is 1.19 bits per heavy atom. The Bertz CT molecular complexity index is 770. The van der Waals surface area contributed by atoms with E-state index < -0.39 is 17.4 Å². The molecule has 144 valence electrons. The Kier molecular flexibility index (Phi) is 5.53. The lowest BCUT2D eigenvalue weighted by molar-refractivity contribution is -0.139. The summed E-state index contributed by atoms with van der Waals surface area (Å²) in [6, 6.07) is 5.73. The molecule has 8 heteroatoms. The number of carbonyl (C=O) groups excluding carboxylic acids is 2. The predicted molar refractivity (Wildman–Crippen MR) is 95.2 cm³/mol. The fourth-order valence-corrected chi connectivity index (χ4v) is 3.65. The van der Waals surface area contributed by atoms with E-state index in [1.807, 2.05) is 0 Å². The number of aliphatic carboxylic acids is 1. The van der Waals surface area contributed by atoms with Gasteiger partial charge >= 0.3 is 5.97 Å². The molecule has 0 unspecified atom stereocenters. The third-order valence-electron chi connectivity index (χ3n) is 5.04. The van der Waals surface area contributed by atoms with Crippen LogP contribution in [0.4, 0.5) is 4.39 Å². The lowest BCUT2D eigenvalue weighted by Gasteiger charge is -2.30. The van der Waals surface area contributed by atoms with Crippen molar-refractivity contribution in [2.75, 3.05) is 0 Å². The Morgan fingerprint density at radius 3 is 2.48 bits per heavy atom. The molecule has 0 radical (unpaired) electrons. The largest absolute Gasteiger partial charge is 0.481 e. The SMILES string of the molecule is O=C(O)CC1(NC(=O)C2=NN(Cc3ccc(F)cc3)C(=O)CC2)CCCC1. The van der Waals surface area contributed by atoms with Crippen molar-refractivity contribution in [3.63, 3.8) is 0 Å². The number of halogens is 1. The van der Waals surface area contributed by atoms with Crippen molar-refractivity contribution in [1.82, 2.24) is 10.3 Å². The molecule has 1 aliphatic carbocycles. The van der Waals surface area contributed by atoms with Gasteiger partial charge in [-0.15, -0.1) is 0 Å². The maximum atomic E-state index is 13.0. The molecular weight excluding hydrogens is 353 g/mol. The van der Waals surface area contributed by atoms with Gasteiger partial charge in [0.1, 0.15) is 11.5 Å². The minimum absolute atomic E-state index is 0.121. The van der Waals surface area contributed by atoms with Crippen LogP contribution in [0.2, 0.25) is 0 Å². The molecule has 0 bridgehead atoms. The Labute approximate surface area is 156 Å². The maximum Gasteiger partial charge on any atom is 0.305 e. The highest BCUT2D eigenvalue weighted by Gasteiger charge is 2.38. The first kappa shape index (κ1) is 19.0. The van der Waals surface area contributed by atoms with E-state index in [0.717, 1.165) is 12.8 Å². The molecule has 0 aromatic heterocycles. The first-order valence-electron chi connectivity index (χ1n) is 9.03. The van der Waals surface area contributed by atoms with Crippen molar-refractivity contribution in [3.8, 4) is 0 Å². The zero-order valence-electron chi connectivity index (χ0n) is 14.9. The number of rotatable bonds is 6. The molecule has 2 aliphatic rings. The van der Waals surface area contributed by atoms with Gasteiger partial charge in [-0.1, -0.05) is 25.0 Å². The molecule has 2 amide bonds. The van der Waals surface area contributed by atoms with E-state index in [1.165, 1.54) is 17.1 Å². The summed E-state index contributed by atoms with van der Waals surface area (Å²) < 4.78 is 13.0. The summed E-state index contributed by atoms with van der Waals surface area (Å²) in [6.45, 7) is 0.149. The van der Waals surface area contributed by atoms with Crippen molar-refractivity contribution in [2.45, 2.75) is 57.0 Å². The lowest BCUT2D eigenvalue weighted by Crippen LogP contribution is -2.51. The highest BCUT2D eigenvalue weighted by atomic mass is 19.1. The highest BCUT2D eigenvalue weighted by Crippen LogP contribution is 2.32. The number of nitrogens with one attached hydrogen (secondary N) is 1. The Balaban J connectivity index is 1.72. The van der Waals surface area contributed by atoms with Crippen LogP contribution in [0, 0.1) is 5.82 Å². The van der Waals surface area contributed by atoms with Gasteiger partial charge in [0.2, 0.25) is 5.91 Å². The van der Waals surface area contributed by atoms with Crippen LogP contribution < -0.4 is 5.32 Å². The summed E-state index contributed by atoms with van der Waals surface area (Å²) in [5.41, 5.74) is 0.177. The molecule has 27 heavy (non-hydrogen) atoms. The summed E-state index contributed by atoms with van der Waals surface area (Å²) in [4.78, 5) is 36.0. The van der Waals surface area contributed by atoms with Gasteiger partial charge in [-0.05, 0) is 30.5 Å². The summed E-state index contributed by atoms with van der Waals surface area (Å²) >= 11 is 0. The topological polar surface area (TPSA) is 99.1 Å². The van der Waals surface area contributed by atoms with Crippen molar-refractivity contribution < 1.29 is 23.9 Å². The minimum Gasteiger partial charge on any atom is -0.481 e. The molecular formula is C19H22FN3O4. The van der Waals surface area contributed by atoms with Crippen molar-refractivity contribution >= 4 is 23.5 Å². The predicted octanol–water partition coefficient (Wildman–Crippen LogP) is 2.21. The monoisotopic (exact) mass is 375 g/mol. The molecule has 1 aromatic carbocycles. The minimum atomic E-state index is -0.948. The van der Waals surface area contributed by atoms with Gasteiger partial charge in [-0.25, -0.2) is 9.40 Å². The molecule has 1 heterocycles. The van der Waals surface area contributed by atoms with E-state index in [9.17, 15) is 18.8 Å². The zero-order valence-corrected chi connectivity index (χ0v) is 14.9. The smallest absolute Gasteiger partial charge is 0.305 e. The number of hydrogen-bond donors (Lipinski definition) is 2. The summed E-state index contributed by atoms with van der Waals surface area (Å²) in [6.07, 6.45) is 3.23. The van der Waals surface area contributed by atoms with E-state index in [4.69, 9.17) is 5.11 Å². The van der Waals surface area contributed by atoms with Crippen LogP contribution in [-0.4, -0.2) is 39.1 Å². The molecule has 1 saturated carbocycles. The number of hydrogen-bond acceptors (Lipinski definition) is 4. The molecule has 0 atom stereocenters. The average molecular weight is 375 g/mol. The molecule has 0 spiro atoms. The van der Waals surface area contributed by atoms with Crippen LogP contribution >= 0.6 is 0 Å². The first-order chi connectivity index (χ1) is 12.9. The van der Waals surface area contributed by atoms with E-state index in [2.05, 4.69) is 10.4 Å². The van der Waals surface area contributed by atoms with Gasteiger partial charge < -0.3 is 10.4 Å². The van der Waals surface area contributed by atoms with E-state index in [1.54, 1.807) is 12.1 Å².